The molecule has 0 amide bonds. The number of hydrogen-bond acceptors (Lipinski definition) is 2. The van der Waals surface area contributed by atoms with Crippen molar-refractivity contribution in [2.75, 3.05) is 7.11 Å². The van der Waals surface area contributed by atoms with Crippen LogP contribution in [-0.4, -0.2) is 13.1 Å². The fraction of sp³-hybridized carbons (Fsp3) is 0.667. The lowest BCUT2D eigenvalue weighted by Gasteiger charge is -1.98. The Labute approximate surface area is 106 Å². The number of allylic oxidation sites excluding steroid dienone is 4. The van der Waals surface area contributed by atoms with Crippen LogP contribution in [0.4, 0.5) is 0 Å². The molecule has 0 bridgehead atoms. The fourth-order valence-corrected chi connectivity index (χ4v) is 1.50. The van der Waals surface area contributed by atoms with Gasteiger partial charge in [-0.05, 0) is 25.7 Å². The topological polar surface area (TPSA) is 26.3 Å². The van der Waals surface area contributed by atoms with Crippen LogP contribution in [0.3, 0.4) is 0 Å². The molecular formula is C15H26O2. The van der Waals surface area contributed by atoms with Gasteiger partial charge in [-0.15, -0.1) is 0 Å². The maximum atomic E-state index is 10.8. The Morgan fingerprint density at radius 2 is 1.65 bits per heavy atom. The van der Waals surface area contributed by atoms with E-state index in [0.717, 1.165) is 25.7 Å². The maximum absolute atomic E-state index is 10.8. The second-order valence-electron chi connectivity index (χ2n) is 4.17. The summed E-state index contributed by atoms with van der Waals surface area (Å²) in [5.74, 6) is -0.0917. The minimum atomic E-state index is -0.0917. The van der Waals surface area contributed by atoms with Gasteiger partial charge in [-0.1, -0.05) is 50.5 Å². The summed E-state index contributed by atoms with van der Waals surface area (Å²) >= 11 is 0. The first-order chi connectivity index (χ1) is 8.31. The average molecular weight is 238 g/mol. The standard InChI is InChI=1S/C15H26O2/c1-3-4-5-6-7-8-9-10-11-12-13-14-15(16)17-2/h5-8H,3-4,9-14H2,1-2H3/b6-5-,8-7+. The molecule has 0 aliphatic rings. The Bertz CT molecular complexity index is 229. The molecule has 0 aromatic carbocycles. The van der Waals surface area contributed by atoms with Crippen molar-refractivity contribution in [1.29, 1.82) is 0 Å². The number of rotatable bonds is 10. The van der Waals surface area contributed by atoms with Gasteiger partial charge < -0.3 is 4.74 Å². The lowest BCUT2D eigenvalue weighted by molar-refractivity contribution is -0.140. The van der Waals surface area contributed by atoms with Crippen LogP contribution >= 0.6 is 0 Å². The molecule has 0 aromatic heterocycles. The minimum Gasteiger partial charge on any atom is -0.469 e. The van der Waals surface area contributed by atoms with Gasteiger partial charge in [0.15, 0.2) is 0 Å². The van der Waals surface area contributed by atoms with Crippen molar-refractivity contribution in [3.63, 3.8) is 0 Å². The van der Waals surface area contributed by atoms with Gasteiger partial charge in [0, 0.05) is 6.42 Å². The van der Waals surface area contributed by atoms with Crippen LogP contribution in [0.1, 0.15) is 58.3 Å². The summed E-state index contributed by atoms with van der Waals surface area (Å²) in [6.07, 6.45) is 17.2. The number of carbonyl (C=O) groups is 1. The van der Waals surface area contributed by atoms with Crippen LogP contribution in [-0.2, 0) is 9.53 Å². The zero-order valence-electron chi connectivity index (χ0n) is 11.3. The van der Waals surface area contributed by atoms with E-state index in [2.05, 4.69) is 36.0 Å². The highest BCUT2D eigenvalue weighted by Crippen LogP contribution is 2.06. The predicted octanol–water partition coefficient (Wildman–Crippen LogP) is 4.41. The largest absolute Gasteiger partial charge is 0.469 e. The Morgan fingerprint density at radius 1 is 1.00 bits per heavy atom. The van der Waals surface area contributed by atoms with Gasteiger partial charge in [-0.2, -0.15) is 0 Å². The number of ether oxygens (including phenoxy) is 1. The van der Waals surface area contributed by atoms with Crippen molar-refractivity contribution in [3.8, 4) is 0 Å². The van der Waals surface area contributed by atoms with E-state index in [9.17, 15) is 4.79 Å². The van der Waals surface area contributed by atoms with Crippen LogP contribution in [0.25, 0.3) is 0 Å². The van der Waals surface area contributed by atoms with Gasteiger partial charge >= 0.3 is 5.97 Å². The molecule has 0 fully saturated rings. The monoisotopic (exact) mass is 238 g/mol. The third-order valence-corrected chi connectivity index (χ3v) is 2.57. The molecule has 0 aliphatic heterocycles. The van der Waals surface area contributed by atoms with Crippen LogP contribution in [0.15, 0.2) is 24.3 Å². The maximum Gasteiger partial charge on any atom is 0.305 e. The van der Waals surface area contributed by atoms with Crippen LogP contribution in [0.2, 0.25) is 0 Å². The smallest absolute Gasteiger partial charge is 0.305 e. The van der Waals surface area contributed by atoms with E-state index in [4.69, 9.17) is 0 Å². The van der Waals surface area contributed by atoms with Crippen molar-refractivity contribution < 1.29 is 9.53 Å². The zero-order valence-corrected chi connectivity index (χ0v) is 11.3. The molecule has 0 radical (unpaired) electrons. The first kappa shape index (κ1) is 16.0. The van der Waals surface area contributed by atoms with E-state index < -0.39 is 0 Å². The molecule has 0 saturated carbocycles. The Morgan fingerprint density at radius 3 is 2.29 bits per heavy atom. The Balaban J connectivity index is 3.20. The van der Waals surface area contributed by atoms with Gasteiger partial charge in [0.1, 0.15) is 0 Å². The van der Waals surface area contributed by atoms with Crippen LogP contribution < -0.4 is 0 Å². The van der Waals surface area contributed by atoms with Crippen LogP contribution in [0, 0.1) is 0 Å². The van der Waals surface area contributed by atoms with Gasteiger partial charge in [0.05, 0.1) is 7.11 Å². The highest BCUT2D eigenvalue weighted by atomic mass is 16.5. The summed E-state index contributed by atoms with van der Waals surface area (Å²) in [6.45, 7) is 2.18. The van der Waals surface area contributed by atoms with E-state index in [-0.39, 0.29) is 5.97 Å². The third-order valence-electron chi connectivity index (χ3n) is 2.57. The van der Waals surface area contributed by atoms with Gasteiger partial charge in [0.2, 0.25) is 0 Å². The van der Waals surface area contributed by atoms with Crippen molar-refractivity contribution in [2.24, 2.45) is 0 Å². The molecule has 0 rings (SSSR count). The van der Waals surface area contributed by atoms with E-state index in [1.165, 1.54) is 26.4 Å². The molecule has 98 valence electrons. The first-order valence-electron chi connectivity index (χ1n) is 6.69. The quantitative estimate of drug-likeness (QED) is 0.320. The second kappa shape index (κ2) is 13.0. The molecule has 2 nitrogen and oxygen atoms in total. The molecule has 2 heteroatoms. The average Bonchev–Trinajstić information content (AvgIpc) is 2.35. The number of esters is 1. The van der Waals surface area contributed by atoms with Gasteiger partial charge in [-0.3, -0.25) is 4.79 Å². The predicted molar refractivity (Wildman–Crippen MR) is 72.9 cm³/mol. The summed E-state index contributed by atoms with van der Waals surface area (Å²) in [6, 6.07) is 0. The van der Waals surface area contributed by atoms with Crippen molar-refractivity contribution in [2.45, 2.75) is 58.3 Å². The van der Waals surface area contributed by atoms with Crippen molar-refractivity contribution in [3.05, 3.63) is 24.3 Å². The van der Waals surface area contributed by atoms with Gasteiger partial charge in [-0.25, -0.2) is 0 Å². The van der Waals surface area contributed by atoms with E-state index in [1.807, 2.05) is 0 Å². The zero-order chi connectivity index (χ0) is 12.8. The summed E-state index contributed by atoms with van der Waals surface area (Å²) < 4.78 is 4.58. The number of hydrogen-bond donors (Lipinski definition) is 0. The molecule has 0 aliphatic carbocycles. The highest BCUT2D eigenvalue weighted by molar-refractivity contribution is 5.68. The van der Waals surface area contributed by atoms with Crippen molar-refractivity contribution >= 4 is 5.97 Å². The lowest BCUT2D eigenvalue weighted by atomic mass is 10.1. The number of carbonyl (C=O) groups excluding carboxylic acids is 1. The number of methoxy groups -OCH3 is 1. The van der Waals surface area contributed by atoms with E-state index in [1.54, 1.807) is 0 Å². The minimum absolute atomic E-state index is 0.0917. The normalized spacial score (nSPS) is 11.4. The first-order valence-corrected chi connectivity index (χ1v) is 6.69. The lowest BCUT2D eigenvalue weighted by Crippen LogP contribution is -1.98. The Kier molecular flexibility index (Phi) is 12.2. The summed E-state index contributed by atoms with van der Waals surface area (Å²) in [5.41, 5.74) is 0. The molecule has 0 heterocycles. The second-order valence-corrected chi connectivity index (χ2v) is 4.17. The molecule has 0 spiro atoms. The van der Waals surface area contributed by atoms with Crippen molar-refractivity contribution in [1.82, 2.24) is 0 Å². The summed E-state index contributed by atoms with van der Waals surface area (Å²) in [7, 11) is 1.44. The summed E-state index contributed by atoms with van der Waals surface area (Å²) in [5, 5.41) is 0. The van der Waals surface area contributed by atoms with Crippen LogP contribution in [0.5, 0.6) is 0 Å². The summed E-state index contributed by atoms with van der Waals surface area (Å²) in [4.78, 5) is 10.8. The molecule has 0 N–H and O–H groups in total. The SMILES string of the molecule is CCC/C=C\C=C\CCCCCCC(=O)OC. The van der Waals surface area contributed by atoms with E-state index in [0.29, 0.717) is 6.42 Å². The Hall–Kier alpha value is -1.05. The molecule has 0 atom stereocenters. The van der Waals surface area contributed by atoms with Gasteiger partial charge in [0.25, 0.3) is 0 Å². The fourth-order valence-electron chi connectivity index (χ4n) is 1.50. The van der Waals surface area contributed by atoms with E-state index >= 15 is 0 Å². The third kappa shape index (κ3) is 12.9. The molecular weight excluding hydrogens is 212 g/mol. The molecule has 0 saturated heterocycles. The molecule has 0 aromatic rings. The number of unbranched alkanes of at least 4 members (excludes halogenated alkanes) is 5. The highest BCUT2D eigenvalue weighted by Gasteiger charge is 1.98. The molecule has 0 unspecified atom stereocenters. The molecule has 17 heavy (non-hydrogen) atoms.